The number of anilines is 1. The highest BCUT2D eigenvalue weighted by molar-refractivity contribution is 6.30. The van der Waals surface area contributed by atoms with Gasteiger partial charge in [0.05, 0.1) is 17.5 Å². The van der Waals surface area contributed by atoms with Gasteiger partial charge in [0, 0.05) is 17.1 Å². The van der Waals surface area contributed by atoms with Crippen molar-refractivity contribution >= 4 is 29.1 Å². The van der Waals surface area contributed by atoms with E-state index in [1.54, 1.807) is 12.1 Å². The van der Waals surface area contributed by atoms with Gasteiger partial charge in [-0.2, -0.15) is 0 Å². The Balaban J connectivity index is 1.60. The van der Waals surface area contributed by atoms with Gasteiger partial charge in [-0.3, -0.25) is 9.59 Å². The van der Waals surface area contributed by atoms with Crippen LogP contribution in [-0.4, -0.2) is 11.8 Å². The zero-order chi connectivity index (χ0) is 20.0. The molecule has 0 unspecified atom stereocenters. The van der Waals surface area contributed by atoms with Crippen LogP contribution >= 0.6 is 11.6 Å². The minimum Gasteiger partial charge on any atom is -0.302 e. The molecule has 3 aromatic carbocycles. The number of nitrogens with one attached hydrogen (secondary N) is 1. The normalized spacial score (nSPS) is 26.0. The van der Waals surface area contributed by atoms with Crippen molar-refractivity contribution in [3.63, 3.8) is 0 Å². The molecule has 3 aromatic rings. The van der Waals surface area contributed by atoms with Crippen molar-refractivity contribution in [3.05, 3.63) is 101 Å². The predicted molar refractivity (Wildman–Crippen MR) is 112 cm³/mol. The summed E-state index contributed by atoms with van der Waals surface area (Å²) in [6.07, 6.45) is 0. The van der Waals surface area contributed by atoms with Crippen molar-refractivity contribution in [1.82, 2.24) is 5.32 Å². The smallest absolute Gasteiger partial charge is 0.239 e. The fourth-order valence-electron chi connectivity index (χ4n) is 4.58. The first-order valence-corrected chi connectivity index (χ1v) is 10.0. The number of carbonyl (C=O) groups is 2. The summed E-state index contributed by atoms with van der Waals surface area (Å²) in [5.74, 6) is -1.22. The fourth-order valence-corrected chi connectivity index (χ4v) is 4.71. The molecule has 0 saturated carbocycles. The summed E-state index contributed by atoms with van der Waals surface area (Å²) in [4.78, 5) is 28.3. The van der Waals surface area contributed by atoms with Crippen molar-refractivity contribution in [3.8, 4) is 0 Å². The van der Waals surface area contributed by atoms with E-state index in [9.17, 15) is 9.59 Å². The van der Waals surface area contributed by atoms with Crippen LogP contribution in [0.25, 0.3) is 0 Å². The van der Waals surface area contributed by atoms with Crippen molar-refractivity contribution in [1.29, 1.82) is 0 Å². The van der Waals surface area contributed by atoms with Crippen LogP contribution in [0.5, 0.6) is 0 Å². The number of carbonyl (C=O) groups excluding carboxylic acids is 2. The Morgan fingerprint density at radius 1 is 0.655 bits per heavy atom. The average molecular weight is 403 g/mol. The van der Waals surface area contributed by atoms with Crippen LogP contribution in [0.2, 0.25) is 5.02 Å². The maximum absolute atomic E-state index is 13.5. The third kappa shape index (κ3) is 2.96. The van der Waals surface area contributed by atoms with Crippen LogP contribution in [0.4, 0.5) is 5.69 Å². The largest absolute Gasteiger partial charge is 0.302 e. The SMILES string of the molecule is O=C1[C@@H]2[C@H](C(=O)N1c1ccccc1)[C@@H](c1ccccc1)N[C@@H]2c1ccc(Cl)cc1. The minimum absolute atomic E-state index is 0.149. The summed E-state index contributed by atoms with van der Waals surface area (Å²) in [6, 6.07) is 26.0. The molecule has 5 rings (SSSR count). The lowest BCUT2D eigenvalue weighted by Gasteiger charge is -2.23. The second-order valence-electron chi connectivity index (χ2n) is 7.48. The third-order valence-corrected chi connectivity index (χ3v) is 6.13. The molecule has 4 atom stereocenters. The molecule has 1 N–H and O–H groups in total. The molecular formula is C24H19ClN2O2. The third-order valence-electron chi connectivity index (χ3n) is 5.88. The quantitative estimate of drug-likeness (QED) is 0.655. The number of benzene rings is 3. The number of amides is 2. The summed E-state index contributed by atoms with van der Waals surface area (Å²) in [6.45, 7) is 0. The Morgan fingerprint density at radius 2 is 1.14 bits per heavy atom. The van der Waals surface area contributed by atoms with Gasteiger partial charge < -0.3 is 5.32 Å². The molecule has 0 radical (unpaired) electrons. The van der Waals surface area contributed by atoms with E-state index >= 15 is 0 Å². The molecule has 2 fully saturated rings. The summed E-state index contributed by atoms with van der Waals surface area (Å²) >= 11 is 6.06. The van der Waals surface area contributed by atoms with Crippen LogP contribution in [0, 0.1) is 11.8 Å². The molecule has 2 aliphatic rings. The van der Waals surface area contributed by atoms with Gasteiger partial charge in [0.1, 0.15) is 0 Å². The van der Waals surface area contributed by atoms with E-state index in [0.29, 0.717) is 10.7 Å². The van der Waals surface area contributed by atoms with Gasteiger partial charge in [0.25, 0.3) is 0 Å². The van der Waals surface area contributed by atoms with E-state index < -0.39 is 11.8 Å². The maximum atomic E-state index is 13.5. The van der Waals surface area contributed by atoms with Crippen LogP contribution in [-0.2, 0) is 9.59 Å². The van der Waals surface area contributed by atoms with Crippen LogP contribution in [0.3, 0.4) is 0 Å². The van der Waals surface area contributed by atoms with E-state index in [1.807, 2.05) is 72.8 Å². The number of halogens is 1. The number of rotatable bonds is 3. The molecule has 2 heterocycles. The Kier molecular flexibility index (Phi) is 4.46. The lowest BCUT2D eigenvalue weighted by molar-refractivity contribution is -0.123. The lowest BCUT2D eigenvalue weighted by atomic mass is 9.84. The summed E-state index contributed by atoms with van der Waals surface area (Å²) < 4.78 is 0. The van der Waals surface area contributed by atoms with Gasteiger partial charge in [-0.15, -0.1) is 0 Å². The first-order chi connectivity index (χ1) is 14.1. The molecule has 2 saturated heterocycles. The van der Waals surface area contributed by atoms with Crippen molar-refractivity contribution < 1.29 is 9.59 Å². The predicted octanol–water partition coefficient (Wildman–Crippen LogP) is 4.53. The molecule has 2 aliphatic heterocycles. The molecule has 0 spiro atoms. The van der Waals surface area contributed by atoms with Gasteiger partial charge >= 0.3 is 0 Å². The molecule has 0 aliphatic carbocycles. The number of para-hydroxylation sites is 1. The number of fused-ring (bicyclic) bond motifs is 1. The van der Waals surface area contributed by atoms with Crippen LogP contribution in [0.15, 0.2) is 84.9 Å². The standard InChI is InChI=1S/C24H19ClN2O2/c25-17-13-11-16(12-14-17)22-20-19(21(26-22)15-7-3-1-4-8-15)23(28)27(24(20)29)18-9-5-2-6-10-18/h1-14,19-22,26H/t19-,20+,21+,22+/m0/s1. The Labute approximate surface area is 174 Å². The Bertz CT molecular complexity index is 1050. The monoisotopic (exact) mass is 402 g/mol. The zero-order valence-electron chi connectivity index (χ0n) is 15.5. The maximum Gasteiger partial charge on any atom is 0.239 e. The highest BCUT2D eigenvalue weighted by atomic mass is 35.5. The van der Waals surface area contributed by atoms with Crippen LogP contribution in [0.1, 0.15) is 23.2 Å². The van der Waals surface area contributed by atoms with E-state index in [0.717, 1.165) is 11.1 Å². The first kappa shape index (κ1) is 18.1. The molecule has 0 bridgehead atoms. The first-order valence-electron chi connectivity index (χ1n) is 9.64. The second-order valence-corrected chi connectivity index (χ2v) is 7.92. The van der Waals surface area contributed by atoms with Gasteiger partial charge in [0.2, 0.25) is 11.8 Å². The average Bonchev–Trinajstić information content (AvgIpc) is 3.27. The fraction of sp³-hybridized carbons (Fsp3) is 0.167. The van der Waals surface area contributed by atoms with Gasteiger partial charge in [-0.05, 0) is 35.4 Å². The summed E-state index contributed by atoms with van der Waals surface area (Å²) in [5, 5.41) is 4.21. The van der Waals surface area contributed by atoms with Crippen molar-refractivity contribution in [2.45, 2.75) is 12.1 Å². The number of nitrogens with zero attached hydrogens (tertiary/aromatic N) is 1. The molecule has 4 nitrogen and oxygen atoms in total. The Hall–Kier alpha value is -2.95. The number of hydrogen-bond donors (Lipinski definition) is 1. The van der Waals surface area contributed by atoms with E-state index in [4.69, 9.17) is 11.6 Å². The number of imide groups is 1. The molecular weight excluding hydrogens is 384 g/mol. The van der Waals surface area contributed by atoms with Crippen molar-refractivity contribution in [2.24, 2.45) is 11.8 Å². The zero-order valence-corrected chi connectivity index (χ0v) is 16.3. The minimum atomic E-state index is -0.464. The summed E-state index contributed by atoms with van der Waals surface area (Å²) in [7, 11) is 0. The molecule has 144 valence electrons. The lowest BCUT2D eigenvalue weighted by Crippen LogP contribution is -2.36. The number of hydrogen-bond acceptors (Lipinski definition) is 3. The van der Waals surface area contributed by atoms with E-state index in [2.05, 4.69) is 5.32 Å². The Morgan fingerprint density at radius 3 is 1.69 bits per heavy atom. The summed E-state index contributed by atoms with van der Waals surface area (Å²) in [5.41, 5.74) is 2.59. The second kappa shape index (κ2) is 7.14. The van der Waals surface area contributed by atoms with Crippen molar-refractivity contribution in [2.75, 3.05) is 4.90 Å². The highest BCUT2D eigenvalue weighted by Crippen LogP contribution is 2.50. The topological polar surface area (TPSA) is 49.4 Å². The molecule has 2 amide bonds. The highest BCUT2D eigenvalue weighted by Gasteiger charge is 2.59. The van der Waals surface area contributed by atoms with E-state index in [1.165, 1.54) is 4.90 Å². The van der Waals surface area contributed by atoms with E-state index in [-0.39, 0.29) is 23.9 Å². The molecule has 29 heavy (non-hydrogen) atoms. The van der Waals surface area contributed by atoms with Crippen LogP contribution < -0.4 is 10.2 Å². The van der Waals surface area contributed by atoms with Gasteiger partial charge in [-0.25, -0.2) is 4.90 Å². The molecule has 0 aromatic heterocycles. The van der Waals surface area contributed by atoms with Gasteiger partial charge in [0.15, 0.2) is 0 Å². The van der Waals surface area contributed by atoms with Gasteiger partial charge in [-0.1, -0.05) is 72.3 Å². The molecule has 5 heteroatoms.